The summed E-state index contributed by atoms with van der Waals surface area (Å²) in [5.41, 5.74) is -2.46. The van der Waals surface area contributed by atoms with Crippen molar-refractivity contribution < 1.29 is 54.0 Å². The molecule has 4 saturated carbocycles. The summed E-state index contributed by atoms with van der Waals surface area (Å²) >= 11 is 0. The third-order valence-electron chi connectivity index (χ3n) is 7.07. The molecule has 3 atom stereocenters. The number of hydrogen-bond acceptors (Lipinski definition) is 7. The summed E-state index contributed by atoms with van der Waals surface area (Å²) in [5.74, 6) is -3.31. The zero-order valence-corrected chi connectivity index (χ0v) is 18.0. The van der Waals surface area contributed by atoms with Gasteiger partial charge in [0.15, 0.2) is 10.1 Å². The van der Waals surface area contributed by atoms with Crippen molar-refractivity contribution in [1.29, 1.82) is 0 Å². The molecule has 0 aromatic carbocycles. The van der Waals surface area contributed by atoms with Gasteiger partial charge in [0, 0.05) is 17.4 Å². The molecule has 7 nitrogen and oxygen atoms in total. The Balaban J connectivity index is 1.89. The van der Waals surface area contributed by atoms with Gasteiger partial charge in [-0.15, -0.1) is 0 Å². The molecule has 182 valence electrons. The molecule has 0 saturated heterocycles. The minimum atomic E-state index is -6.77. The third-order valence-corrected chi connectivity index (χ3v) is 7.95. The highest BCUT2D eigenvalue weighted by atomic mass is 32.2. The molecule has 0 N–H and O–H groups in total. The Kier molecular flexibility index (Phi) is 5.73. The highest BCUT2D eigenvalue weighted by Crippen LogP contribution is 2.65. The van der Waals surface area contributed by atoms with Gasteiger partial charge in [0.25, 0.3) is 6.10 Å². The van der Waals surface area contributed by atoms with Crippen molar-refractivity contribution in [1.82, 2.24) is 0 Å². The molecule has 4 aliphatic carbocycles. The Labute approximate surface area is 181 Å². The molecule has 0 aliphatic heterocycles. The molecule has 4 fully saturated rings. The molecule has 0 aromatic heterocycles. The van der Waals surface area contributed by atoms with E-state index in [0.717, 1.165) is 0 Å². The van der Waals surface area contributed by atoms with E-state index in [9.17, 15) is 44.5 Å². The molecule has 4 bridgehead atoms. The van der Waals surface area contributed by atoms with Gasteiger partial charge >= 0.3 is 23.4 Å². The van der Waals surface area contributed by atoms with Crippen molar-refractivity contribution in [2.45, 2.75) is 69.1 Å². The predicted molar refractivity (Wildman–Crippen MR) is 95.9 cm³/mol. The molecular weight excluding hydrogens is 467 g/mol. The minimum Gasteiger partial charge on any atom is -0.743 e. The highest BCUT2D eigenvalue weighted by molar-refractivity contribution is 7.86. The summed E-state index contributed by atoms with van der Waals surface area (Å²) in [5, 5.41) is -5.89. The molecule has 0 spiro atoms. The van der Waals surface area contributed by atoms with Crippen LogP contribution in [0.15, 0.2) is 12.2 Å². The van der Waals surface area contributed by atoms with Gasteiger partial charge in [-0.3, -0.25) is 4.79 Å². The third kappa shape index (κ3) is 3.91. The van der Waals surface area contributed by atoms with Crippen LogP contribution in [0.1, 0.15) is 46.0 Å². The van der Waals surface area contributed by atoms with Gasteiger partial charge in [0.2, 0.25) is 0 Å². The minimum absolute atomic E-state index is 0.0730. The number of rotatable bonds is 6. The van der Waals surface area contributed by atoms with Crippen molar-refractivity contribution in [3.63, 3.8) is 0 Å². The molecule has 0 amide bonds. The maximum Gasteiger partial charge on any atom is 0.432 e. The average molecular weight is 489 g/mol. The van der Waals surface area contributed by atoms with Gasteiger partial charge < -0.3 is 14.0 Å². The van der Waals surface area contributed by atoms with Crippen molar-refractivity contribution in [3.8, 4) is 0 Å². The summed E-state index contributed by atoms with van der Waals surface area (Å²) in [6, 6.07) is 0. The fourth-order valence-corrected chi connectivity index (χ4v) is 6.02. The molecule has 0 aromatic rings. The second kappa shape index (κ2) is 7.37. The second-order valence-corrected chi connectivity index (χ2v) is 10.8. The Morgan fingerprint density at radius 1 is 1.09 bits per heavy atom. The average Bonchev–Trinajstić information content (AvgIpc) is 2.61. The Bertz CT molecular complexity index is 926. The van der Waals surface area contributed by atoms with Gasteiger partial charge in [0.05, 0.1) is 5.41 Å². The van der Waals surface area contributed by atoms with E-state index >= 15 is 0 Å². The molecule has 32 heavy (non-hydrogen) atoms. The first-order valence-electron chi connectivity index (χ1n) is 9.83. The molecule has 13 heteroatoms. The van der Waals surface area contributed by atoms with Gasteiger partial charge in [0.1, 0.15) is 5.60 Å². The number of hydrogen-bond donors (Lipinski definition) is 0. The van der Waals surface area contributed by atoms with Gasteiger partial charge in [-0.2, -0.15) is 22.0 Å². The van der Waals surface area contributed by atoms with Gasteiger partial charge in [-0.05, 0) is 51.9 Å². The summed E-state index contributed by atoms with van der Waals surface area (Å²) < 4.78 is 109. The Hall–Kier alpha value is -1.76. The number of carbonyl (C=O) groups is 2. The highest BCUT2D eigenvalue weighted by Gasteiger charge is 2.68. The maximum atomic E-state index is 13.8. The largest absolute Gasteiger partial charge is 0.743 e. The first kappa shape index (κ1) is 24.9. The smallest absolute Gasteiger partial charge is 0.432 e. The Morgan fingerprint density at radius 3 is 2.00 bits per heavy atom. The van der Waals surface area contributed by atoms with E-state index in [0.29, 0.717) is 12.8 Å². The zero-order valence-electron chi connectivity index (χ0n) is 17.2. The topological polar surface area (TPSA) is 110 Å². The fraction of sp³-hybridized carbons (Fsp3) is 0.789. The normalized spacial score (nSPS) is 35.3. The number of alkyl halides is 5. The number of esters is 2. The van der Waals surface area contributed by atoms with Crippen LogP contribution in [0.5, 0.6) is 0 Å². The van der Waals surface area contributed by atoms with E-state index in [1.807, 2.05) is 0 Å². The number of halogens is 5. The van der Waals surface area contributed by atoms with E-state index in [2.05, 4.69) is 11.3 Å². The second-order valence-electron chi connectivity index (χ2n) is 9.32. The molecule has 4 rings (SSSR count). The number of carbonyl (C=O) groups excluding carboxylic acids is 2. The summed E-state index contributed by atoms with van der Waals surface area (Å²) in [6.07, 6.45) is -9.49. The van der Waals surface area contributed by atoms with E-state index in [1.54, 1.807) is 6.92 Å². The van der Waals surface area contributed by atoms with Crippen molar-refractivity contribution in [2.24, 2.45) is 23.2 Å². The van der Waals surface area contributed by atoms with E-state index < -0.39 is 62.4 Å². The van der Waals surface area contributed by atoms with E-state index in [1.165, 1.54) is 6.92 Å². The molecule has 3 unspecified atom stereocenters. The van der Waals surface area contributed by atoms with Crippen LogP contribution in [0.2, 0.25) is 0 Å². The summed E-state index contributed by atoms with van der Waals surface area (Å²) in [4.78, 5) is 24.9. The van der Waals surface area contributed by atoms with E-state index in [4.69, 9.17) is 4.74 Å². The van der Waals surface area contributed by atoms with Crippen LogP contribution in [0.4, 0.5) is 22.0 Å². The van der Waals surface area contributed by atoms with Gasteiger partial charge in [-0.25, -0.2) is 13.2 Å². The first-order valence-corrected chi connectivity index (χ1v) is 11.2. The molecule has 4 aliphatic rings. The van der Waals surface area contributed by atoms with Crippen molar-refractivity contribution >= 4 is 22.1 Å². The summed E-state index contributed by atoms with van der Waals surface area (Å²) in [7, 11) is -6.77. The lowest BCUT2D eigenvalue weighted by Crippen LogP contribution is -2.64. The van der Waals surface area contributed by atoms with Gasteiger partial charge in [-0.1, -0.05) is 6.58 Å². The lowest BCUT2D eigenvalue weighted by Gasteiger charge is -2.62. The van der Waals surface area contributed by atoms with Crippen LogP contribution >= 0.6 is 0 Å². The molecule has 0 heterocycles. The SMILES string of the molecule is C=C(C)C(=O)OC1(C)C2CC3CC1CC(C(=O)OC(C(F)(F)F)C(F)(F)S(=O)(=O)[O-])(C3)C2. The van der Waals surface area contributed by atoms with Crippen LogP contribution in [0.25, 0.3) is 0 Å². The lowest BCUT2D eigenvalue weighted by atomic mass is 9.45. The standard InChI is InChI=1S/C19H23F5O7S/c1-9(2)13(25)31-16(3)11-4-10-5-12(16)8-17(6-10,7-11)15(26)30-14(18(20,21)22)19(23,24)32(27,28)29/h10-12,14H,1,4-8H2,2-3H3,(H,27,28,29)/p-1. The van der Waals surface area contributed by atoms with Crippen LogP contribution in [0, 0.1) is 23.2 Å². The Morgan fingerprint density at radius 2 is 1.59 bits per heavy atom. The zero-order chi connectivity index (χ0) is 24.5. The molecule has 0 radical (unpaired) electrons. The van der Waals surface area contributed by atoms with Crippen LogP contribution in [-0.4, -0.2) is 48.0 Å². The summed E-state index contributed by atoms with van der Waals surface area (Å²) in [6.45, 7) is 6.62. The number of ether oxygens (including phenoxy) is 2. The lowest BCUT2D eigenvalue weighted by molar-refractivity contribution is -0.271. The quantitative estimate of drug-likeness (QED) is 0.244. The van der Waals surface area contributed by atoms with Crippen molar-refractivity contribution in [3.05, 3.63) is 12.2 Å². The first-order chi connectivity index (χ1) is 14.3. The monoisotopic (exact) mass is 489 g/mol. The van der Waals surface area contributed by atoms with Crippen LogP contribution in [0.3, 0.4) is 0 Å². The maximum absolute atomic E-state index is 13.8. The van der Waals surface area contributed by atoms with Crippen LogP contribution < -0.4 is 0 Å². The van der Waals surface area contributed by atoms with Crippen LogP contribution in [-0.2, 0) is 29.2 Å². The molecular formula is C19H22F5O7S-. The van der Waals surface area contributed by atoms with E-state index in [-0.39, 0.29) is 30.8 Å². The predicted octanol–water partition coefficient (Wildman–Crippen LogP) is 3.30. The fourth-order valence-electron chi connectivity index (χ4n) is 5.58. The van der Waals surface area contributed by atoms with Crippen molar-refractivity contribution in [2.75, 3.05) is 0 Å².